The molecule has 0 saturated heterocycles. The average molecular weight is 282 g/mol. The molecule has 110 valence electrons. The minimum atomic E-state index is 0.0425. The van der Waals surface area contributed by atoms with Crippen molar-refractivity contribution >= 4 is 11.6 Å². The number of hydrogen-bond acceptors (Lipinski definition) is 2. The van der Waals surface area contributed by atoms with Crippen LogP contribution in [0.2, 0.25) is 0 Å². The number of anilines is 1. The molecule has 0 aliphatic carbocycles. The molecule has 2 aromatic rings. The Morgan fingerprint density at radius 2 is 1.81 bits per heavy atom. The molecule has 1 amide bonds. The molecule has 1 unspecified atom stereocenters. The van der Waals surface area contributed by atoms with Gasteiger partial charge in [-0.05, 0) is 49.1 Å². The van der Waals surface area contributed by atoms with Gasteiger partial charge < -0.3 is 11.1 Å². The zero-order chi connectivity index (χ0) is 15.2. The topological polar surface area (TPSA) is 55.1 Å². The number of hydrogen-bond donors (Lipinski definition) is 2. The first-order chi connectivity index (χ1) is 10.0. The van der Waals surface area contributed by atoms with E-state index in [0.717, 1.165) is 12.0 Å². The minimum Gasteiger partial charge on any atom is -0.399 e. The highest BCUT2D eigenvalue weighted by molar-refractivity contribution is 5.79. The molecule has 0 fully saturated rings. The number of benzene rings is 2. The van der Waals surface area contributed by atoms with Crippen LogP contribution in [0.15, 0.2) is 48.5 Å². The summed E-state index contributed by atoms with van der Waals surface area (Å²) in [6.45, 7) is 4.13. The maximum absolute atomic E-state index is 12.0. The number of carbonyl (C=O) groups excluding carboxylic acids is 1. The third-order valence-electron chi connectivity index (χ3n) is 3.54. The van der Waals surface area contributed by atoms with E-state index in [0.29, 0.717) is 12.1 Å². The van der Waals surface area contributed by atoms with Gasteiger partial charge in [-0.1, -0.05) is 36.4 Å². The molecule has 21 heavy (non-hydrogen) atoms. The Balaban J connectivity index is 1.87. The van der Waals surface area contributed by atoms with E-state index in [9.17, 15) is 4.79 Å². The lowest BCUT2D eigenvalue weighted by molar-refractivity contribution is -0.121. The first-order valence-corrected chi connectivity index (χ1v) is 7.23. The summed E-state index contributed by atoms with van der Waals surface area (Å²) in [5.41, 5.74) is 9.87. The SMILES string of the molecule is Cc1ccccc1CC(C)NC(=O)Cc1ccc(N)cc1. The molecular formula is C18H22N2O. The molecular weight excluding hydrogens is 260 g/mol. The van der Waals surface area contributed by atoms with Crippen LogP contribution in [0.3, 0.4) is 0 Å². The average Bonchev–Trinajstić information content (AvgIpc) is 2.44. The molecule has 0 spiro atoms. The van der Waals surface area contributed by atoms with Gasteiger partial charge in [0.2, 0.25) is 5.91 Å². The predicted octanol–water partition coefficient (Wildman–Crippen LogP) is 2.87. The van der Waals surface area contributed by atoms with Gasteiger partial charge in [0, 0.05) is 11.7 Å². The Morgan fingerprint density at radius 3 is 2.48 bits per heavy atom. The van der Waals surface area contributed by atoms with Crippen LogP contribution in [-0.4, -0.2) is 11.9 Å². The Labute approximate surface area is 126 Å². The second-order valence-electron chi connectivity index (χ2n) is 5.52. The van der Waals surface area contributed by atoms with Crippen LogP contribution < -0.4 is 11.1 Å². The van der Waals surface area contributed by atoms with E-state index in [4.69, 9.17) is 5.73 Å². The van der Waals surface area contributed by atoms with Crippen LogP contribution in [0.1, 0.15) is 23.6 Å². The smallest absolute Gasteiger partial charge is 0.224 e. The highest BCUT2D eigenvalue weighted by atomic mass is 16.1. The van der Waals surface area contributed by atoms with Crippen LogP contribution >= 0.6 is 0 Å². The van der Waals surface area contributed by atoms with Crippen molar-refractivity contribution in [2.75, 3.05) is 5.73 Å². The van der Waals surface area contributed by atoms with Crippen molar-refractivity contribution in [2.24, 2.45) is 0 Å². The van der Waals surface area contributed by atoms with Gasteiger partial charge in [-0.2, -0.15) is 0 Å². The number of nitrogens with two attached hydrogens (primary N) is 1. The van der Waals surface area contributed by atoms with Gasteiger partial charge in [-0.25, -0.2) is 0 Å². The predicted molar refractivity (Wildman–Crippen MR) is 87.0 cm³/mol. The number of rotatable bonds is 5. The van der Waals surface area contributed by atoms with E-state index in [-0.39, 0.29) is 11.9 Å². The maximum Gasteiger partial charge on any atom is 0.224 e. The number of amides is 1. The summed E-state index contributed by atoms with van der Waals surface area (Å²) in [5, 5.41) is 3.05. The molecule has 0 aliphatic rings. The molecule has 1 atom stereocenters. The van der Waals surface area contributed by atoms with Crippen molar-refractivity contribution in [2.45, 2.75) is 32.7 Å². The fourth-order valence-corrected chi connectivity index (χ4v) is 2.37. The van der Waals surface area contributed by atoms with Crippen molar-refractivity contribution in [3.05, 3.63) is 65.2 Å². The number of carbonyl (C=O) groups is 1. The van der Waals surface area contributed by atoms with Gasteiger partial charge in [0.1, 0.15) is 0 Å². The van der Waals surface area contributed by atoms with Crippen molar-refractivity contribution < 1.29 is 4.79 Å². The lowest BCUT2D eigenvalue weighted by Gasteiger charge is -2.15. The summed E-state index contributed by atoms with van der Waals surface area (Å²) in [7, 11) is 0. The largest absolute Gasteiger partial charge is 0.399 e. The molecule has 0 bridgehead atoms. The van der Waals surface area contributed by atoms with Crippen molar-refractivity contribution in [3.63, 3.8) is 0 Å². The van der Waals surface area contributed by atoms with Crippen molar-refractivity contribution in [1.29, 1.82) is 0 Å². The molecule has 2 rings (SSSR count). The summed E-state index contributed by atoms with van der Waals surface area (Å²) < 4.78 is 0. The van der Waals surface area contributed by atoms with Crippen LogP contribution in [0.4, 0.5) is 5.69 Å². The Morgan fingerprint density at radius 1 is 1.14 bits per heavy atom. The van der Waals surface area contributed by atoms with Crippen LogP contribution in [0.25, 0.3) is 0 Å². The summed E-state index contributed by atoms with van der Waals surface area (Å²) in [4.78, 5) is 12.0. The zero-order valence-electron chi connectivity index (χ0n) is 12.6. The van der Waals surface area contributed by atoms with Crippen LogP contribution in [-0.2, 0) is 17.6 Å². The molecule has 3 N–H and O–H groups in total. The lowest BCUT2D eigenvalue weighted by Crippen LogP contribution is -2.35. The summed E-state index contributed by atoms with van der Waals surface area (Å²) in [6.07, 6.45) is 1.23. The van der Waals surface area contributed by atoms with E-state index >= 15 is 0 Å². The maximum atomic E-state index is 12.0. The highest BCUT2D eigenvalue weighted by Gasteiger charge is 2.10. The summed E-state index contributed by atoms with van der Waals surface area (Å²) >= 11 is 0. The third-order valence-corrected chi connectivity index (χ3v) is 3.54. The van der Waals surface area contributed by atoms with Crippen LogP contribution in [0.5, 0.6) is 0 Å². The van der Waals surface area contributed by atoms with Crippen molar-refractivity contribution in [3.8, 4) is 0 Å². The van der Waals surface area contributed by atoms with Gasteiger partial charge in [0.05, 0.1) is 6.42 Å². The van der Waals surface area contributed by atoms with Crippen LogP contribution in [0, 0.1) is 6.92 Å². The van der Waals surface area contributed by atoms with E-state index in [1.165, 1.54) is 11.1 Å². The Kier molecular flexibility index (Phi) is 4.99. The summed E-state index contributed by atoms with van der Waals surface area (Å²) in [5.74, 6) is 0.0425. The normalized spacial score (nSPS) is 11.9. The van der Waals surface area contributed by atoms with Crippen molar-refractivity contribution in [1.82, 2.24) is 5.32 Å². The Bertz CT molecular complexity index is 605. The molecule has 3 nitrogen and oxygen atoms in total. The fourth-order valence-electron chi connectivity index (χ4n) is 2.37. The molecule has 0 aliphatic heterocycles. The quantitative estimate of drug-likeness (QED) is 0.829. The van der Waals surface area contributed by atoms with E-state index < -0.39 is 0 Å². The number of nitrogens with one attached hydrogen (secondary N) is 1. The third kappa shape index (κ3) is 4.63. The fraction of sp³-hybridized carbons (Fsp3) is 0.278. The lowest BCUT2D eigenvalue weighted by atomic mass is 10.0. The van der Waals surface area contributed by atoms with Gasteiger partial charge in [-0.15, -0.1) is 0 Å². The summed E-state index contributed by atoms with van der Waals surface area (Å²) in [6, 6.07) is 15.8. The molecule has 3 heteroatoms. The standard InChI is InChI=1S/C18H22N2O/c1-13-5-3-4-6-16(13)11-14(2)20-18(21)12-15-7-9-17(19)10-8-15/h3-10,14H,11-12,19H2,1-2H3,(H,20,21). The molecule has 0 saturated carbocycles. The van der Waals surface area contributed by atoms with E-state index in [1.54, 1.807) is 0 Å². The number of aryl methyl sites for hydroxylation is 1. The number of nitrogen functional groups attached to an aromatic ring is 1. The minimum absolute atomic E-state index is 0.0425. The molecule has 0 heterocycles. The van der Waals surface area contributed by atoms with Gasteiger partial charge >= 0.3 is 0 Å². The molecule has 2 aromatic carbocycles. The first kappa shape index (κ1) is 15.1. The first-order valence-electron chi connectivity index (χ1n) is 7.23. The van der Waals surface area contributed by atoms with E-state index in [2.05, 4.69) is 24.4 Å². The second-order valence-corrected chi connectivity index (χ2v) is 5.52. The van der Waals surface area contributed by atoms with E-state index in [1.807, 2.05) is 43.3 Å². The molecule has 0 aromatic heterocycles. The zero-order valence-corrected chi connectivity index (χ0v) is 12.6. The van der Waals surface area contributed by atoms with Gasteiger partial charge in [0.25, 0.3) is 0 Å². The molecule has 0 radical (unpaired) electrons. The van der Waals surface area contributed by atoms with Gasteiger partial charge in [0.15, 0.2) is 0 Å². The Hall–Kier alpha value is -2.29. The second kappa shape index (κ2) is 6.93. The monoisotopic (exact) mass is 282 g/mol. The van der Waals surface area contributed by atoms with Gasteiger partial charge in [-0.3, -0.25) is 4.79 Å². The highest BCUT2D eigenvalue weighted by Crippen LogP contribution is 2.10.